The number of rotatable bonds is 7. The van der Waals surface area contributed by atoms with E-state index in [-0.39, 0.29) is 37.3 Å². The third kappa shape index (κ3) is 11.3. The highest BCUT2D eigenvalue weighted by Gasteiger charge is 2.45. The molecule has 1 aliphatic carbocycles. The Hall–Kier alpha value is -5.59. The maximum Gasteiger partial charge on any atom is 0.433 e. The molecule has 2 aromatic rings. The Labute approximate surface area is 339 Å². The van der Waals surface area contributed by atoms with Gasteiger partial charge in [-0.1, -0.05) is 50.6 Å². The molecule has 2 saturated heterocycles. The third-order valence-corrected chi connectivity index (χ3v) is 10.8. The average molecular weight is 829 g/mol. The molecule has 9 atom stereocenters. The first-order valence-electron chi connectivity index (χ1n) is 19.7. The molecule has 320 valence electrons. The fourth-order valence-corrected chi connectivity index (χ4v) is 7.68. The number of aliphatic hydroxyl groups excluding tert-OH is 1. The first kappa shape index (κ1) is 44.5. The Morgan fingerprint density at radius 1 is 0.864 bits per heavy atom. The van der Waals surface area contributed by atoms with Crippen LogP contribution in [0.15, 0.2) is 48.7 Å². The van der Waals surface area contributed by atoms with Gasteiger partial charge in [-0.25, -0.2) is 0 Å². The average Bonchev–Trinajstić information content (AvgIpc) is 3.82. The Morgan fingerprint density at radius 2 is 1.56 bits per heavy atom. The van der Waals surface area contributed by atoms with Gasteiger partial charge in [0, 0.05) is 31.2 Å². The Bertz CT molecular complexity index is 1880. The second-order valence-corrected chi connectivity index (χ2v) is 15.9. The maximum atomic E-state index is 14.6. The van der Waals surface area contributed by atoms with E-state index in [9.17, 15) is 51.8 Å². The van der Waals surface area contributed by atoms with Crippen LogP contribution < -0.4 is 31.9 Å². The lowest BCUT2D eigenvalue weighted by Gasteiger charge is -2.31. The van der Waals surface area contributed by atoms with E-state index in [0.717, 1.165) is 17.2 Å². The normalized spacial score (nSPS) is 28.1. The van der Waals surface area contributed by atoms with E-state index in [1.807, 2.05) is 13.8 Å². The Morgan fingerprint density at radius 3 is 2.19 bits per heavy atom. The summed E-state index contributed by atoms with van der Waals surface area (Å²) < 4.78 is 39.4. The fourth-order valence-electron chi connectivity index (χ4n) is 7.68. The van der Waals surface area contributed by atoms with E-state index in [1.165, 1.54) is 13.8 Å². The highest BCUT2D eigenvalue weighted by molar-refractivity contribution is 5.98. The molecule has 3 fully saturated rings. The lowest BCUT2D eigenvalue weighted by atomic mass is 9.98. The monoisotopic (exact) mass is 828 g/mol. The van der Waals surface area contributed by atoms with Crippen LogP contribution in [0.4, 0.5) is 13.2 Å². The van der Waals surface area contributed by atoms with E-state index >= 15 is 0 Å². The topological polar surface area (TPSA) is 228 Å². The van der Waals surface area contributed by atoms with Gasteiger partial charge in [-0.3, -0.25) is 38.5 Å². The van der Waals surface area contributed by atoms with E-state index in [2.05, 4.69) is 36.9 Å². The molecule has 0 radical (unpaired) electrons. The van der Waals surface area contributed by atoms with Gasteiger partial charge in [-0.15, -0.1) is 0 Å². The molecule has 1 unspecified atom stereocenters. The molecule has 7 N–H and O–H groups in total. The van der Waals surface area contributed by atoms with Crippen molar-refractivity contribution in [1.29, 1.82) is 0 Å². The number of nitrogens with one attached hydrogen (secondary N) is 6. The summed E-state index contributed by atoms with van der Waals surface area (Å²) in [5.74, 6) is -5.96. The predicted molar refractivity (Wildman–Crippen MR) is 205 cm³/mol. The first-order chi connectivity index (χ1) is 27.8. The van der Waals surface area contributed by atoms with E-state index < -0.39 is 108 Å². The summed E-state index contributed by atoms with van der Waals surface area (Å²) in [5.41, 5.74) is -0.820. The van der Waals surface area contributed by atoms with Crippen molar-refractivity contribution in [1.82, 2.24) is 41.8 Å². The molecule has 0 spiro atoms. The van der Waals surface area contributed by atoms with Gasteiger partial charge in [-0.2, -0.15) is 13.2 Å². The molecule has 3 heterocycles. The van der Waals surface area contributed by atoms with E-state index in [1.54, 1.807) is 30.3 Å². The van der Waals surface area contributed by atoms with Gasteiger partial charge in [-0.05, 0) is 63.1 Å². The minimum absolute atomic E-state index is 0.0866. The molecule has 0 bridgehead atoms. The van der Waals surface area contributed by atoms with Crippen LogP contribution in [0.3, 0.4) is 0 Å². The summed E-state index contributed by atoms with van der Waals surface area (Å²) >= 11 is 0. The number of nitrogens with zero attached hydrogens (tertiary/aromatic N) is 2. The van der Waals surface area contributed by atoms with Crippen LogP contribution in [0.25, 0.3) is 0 Å². The minimum Gasteiger partial charge on any atom is -0.391 e. The largest absolute Gasteiger partial charge is 0.433 e. The van der Waals surface area contributed by atoms with Crippen LogP contribution >= 0.6 is 0 Å². The molecule has 1 aromatic carbocycles. The van der Waals surface area contributed by atoms with Gasteiger partial charge >= 0.3 is 6.18 Å². The number of alkyl halides is 3. The van der Waals surface area contributed by atoms with Crippen molar-refractivity contribution in [2.24, 2.45) is 11.8 Å². The summed E-state index contributed by atoms with van der Waals surface area (Å²) in [5, 5.41) is 26.9. The minimum atomic E-state index is -4.73. The summed E-state index contributed by atoms with van der Waals surface area (Å²) in [6.07, 6.45) is -4.14. The molecule has 1 saturated carbocycles. The molecule has 3 aliphatic rings. The van der Waals surface area contributed by atoms with Gasteiger partial charge in [0.05, 0.1) is 17.6 Å². The number of benzene rings is 1. The number of carbonyl (C=O) groups is 7. The molecule has 2 aliphatic heterocycles. The quantitative estimate of drug-likeness (QED) is 0.209. The van der Waals surface area contributed by atoms with Crippen molar-refractivity contribution >= 4 is 41.4 Å². The zero-order chi connectivity index (χ0) is 43.2. The van der Waals surface area contributed by atoms with Crippen LogP contribution in [0.5, 0.6) is 0 Å². The Balaban J connectivity index is 1.50. The number of carbonyl (C=O) groups excluding carboxylic acids is 7. The fraction of sp³-hybridized carbons (Fsp3) is 0.550. The summed E-state index contributed by atoms with van der Waals surface area (Å²) in [7, 11) is 0. The molecule has 7 amide bonds. The number of aliphatic hydroxyl groups is 1. The van der Waals surface area contributed by atoms with Crippen molar-refractivity contribution in [2.45, 2.75) is 121 Å². The van der Waals surface area contributed by atoms with Crippen LogP contribution in [0.1, 0.15) is 81.4 Å². The molecule has 19 heteroatoms. The second-order valence-electron chi connectivity index (χ2n) is 15.9. The standard InChI is InChI=1S/C40H51F3N8O8/c1-20(2)15-28-36(56)50-32(22(4)52)38(58)49-29(16-23-9-6-5-7-10-23)39(59)51-19-25(46-34(54)24-13-14-31(44-18-24)40(41,42)43)17-30(51)37(57)45-21(3)33(53)47-27-12-8-11-26(27)35(55)48-28/h5-7,9-10,13-14,18,20-22,25-30,32,52H,8,11-12,15-17,19H2,1-4H3,(H,45,57)(H,46,54)(H,47,53)(H,48,55)(H,49,58)(H,50,56)/t21-,22+,25+,26+,27+,28-,29-,30?,32-/m0/s1. The number of hydrogen-bond donors (Lipinski definition) is 7. The zero-order valence-electron chi connectivity index (χ0n) is 33.2. The number of halogens is 3. The lowest BCUT2D eigenvalue weighted by Crippen LogP contribution is -2.61. The van der Waals surface area contributed by atoms with Crippen LogP contribution in [0.2, 0.25) is 0 Å². The van der Waals surface area contributed by atoms with E-state index in [4.69, 9.17) is 0 Å². The Kier molecular flexibility index (Phi) is 14.3. The predicted octanol–water partition coefficient (Wildman–Crippen LogP) is 0.727. The van der Waals surface area contributed by atoms with Crippen LogP contribution in [0, 0.1) is 11.8 Å². The molecule has 59 heavy (non-hydrogen) atoms. The van der Waals surface area contributed by atoms with Gasteiger partial charge in [0.15, 0.2) is 0 Å². The van der Waals surface area contributed by atoms with Crippen molar-refractivity contribution < 1.29 is 51.8 Å². The zero-order valence-corrected chi connectivity index (χ0v) is 33.2. The SMILES string of the molecule is CC(C)C[C@@H]1NC(=O)[C@@H]2CCC[C@H]2NC(=O)[C@H](C)NC(=O)C2C[C@@H](NC(=O)c3ccc(C(F)(F)F)nc3)CN2C(=O)[C@H](Cc2ccccc2)NC(=O)[C@H]([C@@H](C)O)NC1=O. The van der Waals surface area contributed by atoms with Gasteiger partial charge in [0.1, 0.15) is 35.9 Å². The number of fused-ring (bicyclic) bond motifs is 2. The van der Waals surface area contributed by atoms with Gasteiger partial charge in [0.25, 0.3) is 5.91 Å². The maximum absolute atomic E-state index is 14.6. The number of aromatic nitrogens is 1. The number of pyridine rings is 1. The molecule has 1 aromatic heterocycles. The molecule has 16 nitrogen and oxygen atoms in total. The highest BCUT2D eigenvalue weighted by atomic mass is 19.4. The van der Waals surface area contributed by atoms with Crippen LogP contribution in [-0.4, -0.2) is 111 Å². The summed E-state index contributed by atoms with van der Waals surface area (Å²) in [4.78, 5) is 101. The molecule has 5 rings (SSSR count). The summed E-state index contributed by atoms with van der Waals surface area (Å²) in [6.45, 7) is 6.10. The summed E-state index contributed by atoms with van der Waals surface area (Å²) in [6, 6.07) is 1.99. The number of hydrogen-bond acceptors (Lipinski definition) is 9. The van der Waals surface area contributed by atoms with Gasteiger partial charge in [0.2, 0.25) is 35.4 Å². The third-order valence-electron chi connectivity index (χ3n) is 10.8. The first-order valence-corrected chi connectivity index (χ1v) is 19.7. The van der Waals surface area contributed by atoms with E-state index in [0.29, 0.717) is 30.9 Å². The highest BCUT2D eigenvalue weighted by Crippen LogP contribution is 2.28. The number of amides is 7. The van der Waals surface area contributed by atoms with Crippen LogP contribution in [-0.2, 0) is 41.4 Å². The molecular weight excluding hydrogens is 777 g/mol. The second kappa shape index (κ2) is 19.0. The smallest absolute Gasteiger partial charge is 0.391 e. The van der Waals surface area contributed by atoms with Crippen molar-refractivity contribution in [3.8, 4) is 0 Å². The molecular formula is C40H51F3N8O8. The van der Waals surface area contributed by atoms with Crippen molar-refractivity contribution in [2.75, 3.05) is 6.54 Å². The van der Waals surface area contributed by atoms with Crippen molar-refractivity contribution in [3.05, 3.63) is 65.5 Å². The lowest BCUT2D eigenvalue weighted by molar-refractivity contribution is -0.143. The van der Waals surface area contributed by atoms with Crippen molar-refractivity contribution in [3.63, 3.8) is 0 Å². The van der Waals surface area contributed by atoms with Gasteiger partial charge < -0.3 is 41.9 Å².